The number of halogens is 1. The SMILES string of the molecule is [C-]#[N+]c1ccc(-c2cnn3c(OC4CCN(c5nc(C(C)C)no5)CC4)ccnc23)c(F)c1. The van der Waals surface area contributed by atoms with Gasteiger partial charge in [0.05, 0.1) is 12.8 Å². The van der Waals surface area contributed by atoms with E-state index in [9.17, 15) is 4.39 Å². The number of benzene rings is 1. The average Bonchev–Trinajstić information content (AvgIpc) is 3.48. The second-order valence-electron chi connectivity index (χ2n) is 8.25. The van der Waals surface area contributed by atoms with Crippen LogP contribution in [0.25, 0.3) is 21.6 Å². The monoisotopic (exact) mass is 447 g/mol. The van der Waals surface area contributed by atoms with Crippen molar-refractivity contribution in [2.75, 3.05) is 18.0 Å². The van der Waals surface area contributed by atoms with E-state index in [1.54, 1.807) is 35.1 Å². The fourth-order valence-corrected chi connectivity index (χ4v) is 3.87. The minimum atomic E-state index is -0.486. The van der Waals surface area contributed by atoms with E-state index in [1.807, 2.05) is 13.8 Å². The fraction of sp³-hybridized carbons (Fsp3) is 0.348. The van der Waals surface area contributed by atoms with E-state index >= 15 is 0 Å². The Bertz CT molecular complexity index is 1330. The zero-order valence-corrected chi connectivity index (χ0v) is 18.3. The summed E-state index contributed by atoms with van der Waals surface area (Å²) in [5.41, 5.74) is 1.63. The highest BCUT2D eigenvalue weighted by molar-refractivity contribution is 5.78. The maximum absolute atomic E-state index is 14.6. The minimum absolute atomic E-state index is 0.0123. The Labute approximate surface area is 189 Å². The predicted molar refractivity (Wildman–Crippen MR) is 119 cm³/mol. The maximum Gasteiger partial charge on any atom is 0.324 e. The maximum atomic E-state index is 14.6. The van der Waals surface area contributed by atoms with Crippen molar-refractivity contribution in [3.8, 4) is 17.0 Å². The summed E-state index contributed by atoms with van der Waals surface area (Å²) in [5, 5.41) is 8.42. The molecule has 168 valence electrons. The number of ether oxygens (including phenoxy) is 1. The van der Waals surface area contributed by atoms with Crippen LogP contribution in [0.5, 0.6) is 5.88 Å². The molecule has 0 radical (unpaired) electrons. The Kier molecular flexibility index (Phi) is 5.38. The molecule has 0 N–H and O–H groups in total. The normalized spacial score (nSPS) is 14.7. The Morgan fingerprint density at radius 2 is 2.03 bits per heavy atom. The first-order chi connectivity index (χ1) is 16.0. The van der Waals surface area contributed by atoms with Crippen LogP contribution >= 0.6 is 0 Å². The molecule has 0 spiro atoms. The molecule has 1 aliphatic rings. The second kappa shape index (κ2) is 8.50. The molecule has 0 atom stereocenters. The summed E-state index contributed by atoms with van der Waals surface area (Å²) in [5.74, 6) is 0.982. The van der Waals surface area contributed by atoms with Crippen molar-refractivity contribution in [3.05, 3.63) is 59.7 Å². The largest absolute Gasteiger partial charge is 0.474 e. The molecular formula is C23H22FN7O2. The van der Waals surface area contributed by atoms with Crippen LogP contribution in [-0.2, 0) is 0 Å². The lowest BCUT2D eigenvalue weighted by molar-refractivity contribution is 0.158. The number of hydrogen-bond donors (Lipinski definition) is 0. The number of piperidine rings is 1. The molecule has 0 unspecified atom stereocenters. The molecule has 1 fully saturated rings. The van der Waals surface area contributed by atoms with Crippen molar-refractivity contribution in [1.29, 1.82) is 0 Å². The third-order valence-corrected chi connectivity index (χ3v) is 5.69. The molecule has 0 saturated carbocycles. The molecule has 0 amide bonds. The quantitative estimate of drug-likeness (QED) is 0.412. The Morgan fingerprint density at radius 3 is 2.73 bits per heavy atom. The van der Waals surface area contributed by atoms with Crippen molar-refractivity contribution in [1.82, 2.24) is 24.7 Å². The van der Waals surface area contributed by atoms with Gasteiger partial charge < -0.3 is 14.2 Å². The molecule has 0 aliphatic carbocycles. The lowest BCUT2D eigenvalue weighted by atomic mass is 10.1. The first-order valence-electron chi connectivity index (χ1n) is 10.8. The smallest absolute Gasteiger partial charge is 0.324 e. The number of aromatic nitrogens is 5. The van der Waals surface area contributed by atoms with Gasteiger partial charge in [-0.3, -0.25) is 0 Å². The van der Waals surface area contributed by atoms with Gasteiger partial charge in [-0.2, -0.15) is 14.6 Å². The van der Waals surface area contributed by atoms with Gasteiger partial charge in [0.1, 0.15) is 11.9 Å². The van der Waals surface area contributed by atoms with E-state index in [4.69, 9.17) is 15.8 Å². The van der Waals surface area contributed by atoms with E-state index in [1.165, 1.54) is 6.07 Å². The van der Waals surface area contributed by atoms with Gasteiger partial charge in [0.2, 0.25) is 5.88 Å². The van der Waals surface area contributed by atoms with E-state index < -0.39 is 5.82 Å². The number of anilines is 1. The highest BCUT2D eigenvalue weighted by atomic mass is 19.1. The fourth-order valence-electron chi connectivity index (χ4n) is 3.87. The molecule has 4 heterocycles. The molecule has 4 aromatic rings. The topological polar surface area (TPSA) is 85.9 Å². The molecule has 3 aromatic heterocycles. The van der Waals surface area contributed by atoms with E-state index in [0.29, 0.717) is 34.5 Å². The van der Waals surface area contributed by atoms with Crippen LogP contribution in [0.1, 0.15) is 38.4 Å². The molecule has 1 aliphatic heterocycles. The van der Waals surface area contributed by atoms with Crippen molar-refractivity contribution in [2.24, 2.45) is 0 Å². The van der Waals surface area contributed by atoms with Gasteiger partial charge in [-0.1, -0.05) is 31.1 Å². The van der Waals surface area contributed by atoms with E-state index in [0.717, 1.165) is 25.9 Å². The summed E-state index contributed by atoms with van der Waals surface area (Å²) in [6.07, 6.45) is 4.74. The molecule has 9 nitrogen and oxygen atoms in total. The highest BCUT2D eigenvalue weighted by Crippen LogP contribution is 2.31. The lowest BCUT2D eigenvalue weighted by Gasteiger charge is -2.30. The van der Waals surface area contributed by atoms with Crippen LogP contribution < -0.4 is 9.64 Å². The standard InChI is InChI=1S/C23H22FN7O2/c1-14(2)21-28-23(33-29-21)30-10-7-16(8-11-30)32-20-6-9-26-22-18(13-27-31(20)22)17-5-4-15(25-3)12-19(17)24/h4-6,9,12-14,16H,7-8,10-11H2,1-2H3. The van der Waals surface area contributed by atoms with Crippen molar-refractivity contribution in [3.63, 3.8) is 0 Å². The van der Waals surface area contributed by atoms with Crippen LogP contribution in [0.15, 0.2) is 41.2 Å². The molecule has 1 saturated heterocycles. The molecule has 33 heavy (non-hydrogen) atoms. The molecular weight excluding hydrogens is 425 g/mol. The summed E-state index contributed by atoms with van der Waals surface area (Å²) in [7, 11) is 0. The second-order valence-corrected chi connectivity index (χ2v) is 8.25. The summed E-state index contributed by atoms with van der Waals surface area (Å²) in [4.78, 5) is 14.2. The van der Waals surface area contributed by atoms with Crippen LogP contribution in [0.3, 0.4) is 0 Å². The molecule has 0 bridgehead atoms. The number of fused-ring (bicyclic) bond motifs is 1. The zero-order valence-electron chi connectivity index (χ0n) is 18.3. The zero-order chi connectivity index (χ0) is 22.9. The first-order valence-corrected chi connectivity index (χ1v) is 10.8. The van der Waals surface area contributed by atoms with Crippen LogP contribution in [0, 0.1) is 12.4 Å². The van der Waals surface area contributed by atoms with Crippen molar-refractivity contribution in [2.45, 2.75) is 38.7 Å². The third kappa shape index (κ3) is 3.98. The average molecular weight is 447 g/mol. The van der Waals surface area contributed by atoms with Crippen molar-refractivity contribution >= 4 is 17.3 Å². The molecule has 10 heteroatoms. The van der Waals surface area contributed by atoms with Gasteiger partial charge in [-0.05, 0) is 6.07 Å². The van der Waals surface area contributed by atoms with Gasteiger partial charge >= 0.3 is 6.01 Å². The number of hydrogen-bond acceptors (Lipinski definition) is 7. The van der Waals surface area contributed by atoms with Gasteiger partial charge in [0.25, 0.3) is 0 Å². The van der Waals surface area contributed by atoms with E-state index in [-0.39, 0.29) is 17.7 Å². The van der Waals surface area contributed by atoms with Crippen LogP contribution in [-0.4, -0.2) is 43.9 Å². The van der Waals surface area contributed by atoms with Gasteiger partial charge in [0, 0.05) is 55.2 Å². The Hall–Kier alpha value is -4.00. The number of nitrogens with zero attached hydrogens (tertiary/aromatic N) is 7. The van der Waals surface area contributed by atoms with Crippen LogP contribution in [0.4, 0.5) is 16.1 Å². The summed E-state index contributed by atoms with van der Waals surface area (Å²) in [6, 6.07) is 6.67. The van der Waals surface area contributed by atoms with Gasteiger partial charge in [-0.25, -0.2) is 14.2 Å². The lowest BCUT2D eigenvalue weighted by Crippen LogP contribution is -2.38. The van der Waals surface area contributed by atoms with Gasteiger partial charge in [0.15, 0.2) is 17.2 Å². The minimum Gasteiger partial charge on any atom is -0.474 e. The number of rotatable bonds is 5. The highest BCUT2D eigenvalue weighted by Gasteiger charge is 2.25. The third-order valence-electron chi connectivity index (χ3n) is 5.69. The van der Waals surface area contributed by atoms with Gasteiger partial charge in [-0.15, -0.1) is 0 Å². The molecule has 1 aromatic carbocycles. The summed E-state index contributed by atoms with van der Waals surface area (Å²) >= 11 is 0. The molecule has 5 rings (SSSR count). The first kappa shape index (κ1) is 20.9. The Morgan fingerprint density at radius 1 is 1.21 bits per heavy atom. The predicted octanol–water partition coefficient (Wildman–Crippen LogP) is 4.64. The van der Waals surface area contributed by atoms with Crippen LogP contribution in [0.2, 0.25) is 0 Å². The van der Waals surface area contributed by atoms with E-state index in [2.05, 4.69) is 30.0 Å². The summed E-state index contributed by atoms with van der Waals surface area (Å²) in [6.45, 7) is 12.6. The Balaban J connectivity index is 1.32. The summed E-state index contributed by atoms with van der Waals surface area (Å²) < 4.78 is 27.8. The van der Waals surface area contributed by atoms with Crippen molar-refractivity contribution < 1.29 is 13.7 Å².